The molecule has 3 heterocycles. The van der Waals surface area contributed by atoms with Crippen molar-refractivity contribution in [1.29, 1.82) is 0 Å². The van der Waals surface area contributed by atoms with Gasteiger partial charge in [-0.05, 0) is 75.5 Å². The van der Waals surface area contributed by atoms with E-state index < -0.39 is 0 Å². The number of fused-ring (bicyclic) bond motifs is 12. The van der Waals surface area contributed by atoms with E-state index in [2.05, 4.69) is 193 Å². The maximum atomic E-state index is 5.55. The van der Waals surface area contributed by atoms with Gasteiger partial charge >= 0.3 is 0 Å². The maximum absolute atomic E-state index is 5.55. The molecule has 0 N–H and O–H groups in total. The Labute approximate surface area is 317 Å². The first-order valence-electron chi connectivity index (χ1n) is 19.0. The minimum absolute atomic E-state index is 0.0663. The summed E-state index contributed by atoms with van der Waals surface area (Å²) in [7, 11) is 0. The summed E-state index contributed by atoms with van der Waals surface area (Å²) in [4.78, 5) is 10.9. The van der Waals surface area contributed by atoms with Crippen LogP contribution in [0.25, 0.3) is 99.3 Å². The van der Waals surface area contributed by atoms with Gasteiger partial charge in [-0.25, -0.2) is 9.97 Å². The van der Waals surface area contributed by atoms with Gasteiger partial charge in [0.1, 0.15) is 0 Å². The Morgan fingerprint density at radius 1 is 0.436 bits per heavy atom. The number of para-hydroxylation sites is 3. The Morgan fingerprint density at radius 3 is 1.93 bits per heavy atom. The van der Waals surface area contributed by atoms with Crippen LogP contribution in [0.5, 0.6) is 0 Å². The second-order valence-electron chi connectivity index (χ2n) is 15.4. The van der Waals surface area contributed by atoms with Crippen LogP contribution in [0.3, 0.4) is 0 Å². The van der Waals surface area contributed by atoms with E-state index in [1.54, 1.807) is 0 Å². The molecule has 4 heteroatoms. The molecule has 0 saturated heterocycles. The molecule has 0 saturated carbocycles. The summed E-state index contributed by atoms with van der Waals surface area (Å²) in [5, 5.41) is 8.33. The largest absolute Gasteiger partial charge is 0.309 e. The molecule has 0 amide bonds. The van der Waals surface area contributed by atoms with E-state index in [9.17, 15) is 0 Å². The molecule has 0 radical (unpaired) electrons. The lowest BCUT2D eigenvalue weighted by atomic mass is 9.82. The van der Waals surface area contributed by atoms with Crippen LogP contribution in [0.2, 0.25) is 0 Å². The molecule has 0 bridgehead atoms. The smallest absolute Gasteiger partial charge is 0.235 e. The lowest BCUT2D eigenvalue weighted by molar-refractivity contribution is 0.660. The lowest BCUT2D eigenvalue weighted by Crippen LogP contribution is -2.14. The van der Waals surface area contributed by atoms with Gasteiger partial charge in [-0.2, -0.15) is 0 Å². The number of aromatic nitrogens is 4. The molecule has 8 aromatic carbocycles. The Balaban J connectivity index is 1.16. The number of hydrogen-bond donors (Lipinski definition) is 0. The summed E-state index contributed by atoms with van der Waals surface area (Å²) in [6, 6.07) is 61.6. The van der Waals surface area contributed by atoms with Crippen molar-refractivity contribution in [1.82, 2.24) is 19.1 Å². The van der Waals surface area contributed by atoms with Gasteiger partial charge in [0.15, 0.2) is 0 Å². The van der Waals surface area contributed by atoms with Crippen molar-refractivity contribution in [3.63, 3.8) is 0 Å². The fourth-order valence-corrected chi connectivity index (χ4v) is 9.58. The van der Waals surface area contributed by atoms with Crippen LogP contribution in [0, 0.1) is 0 Å². The summed E-state index contributed by atoms with van der Waals surface area (Å²) in [6.07, 6.45) is 0. The third kappa shape index (κ3) is 4.17. The van der Waals surface area contributed by atoms with E-state index >= 15 is 0 Å². The Hall–Kier alpha value is -7.04. The second kappa shape index (κ2) is 11.0. The summed E-state index contributed by atoms with van der Waals surface area (Å²) in [6.45, 7) is 4.66. The van der Waals surface area contributed by atoms with Crippen LogP contribution in [0.15, 0.2) is 170 Å². The van der Waals surface area contributed by atoms with Gasteiger partial charge in [0, 0.05) is 43.6 Å². The molecule has 3 aromatic heterocycles. The van der Waals surface area contributed by atoms with Gasteiger partial charge in [0.2, 0.25) is 5.95 Å². The molecule has 0 unspecified atom stereocenters. The van der Waals surface area contributed by atoms with Crippen LogP contribution >= 0.6 is 0 Å². The zero-order valence-electron chi connectivity index (χ0n) is 30.5. The molecule has 1 aliphatic carbocycles. The van der Waals surface area contributed by atoms with Gasteiger partial charge < -0.3 is 4.57 Å². The zero-order chi connectivity index (χ0) is 36.4. The van der Waals surface area contributed by atoms with E-state index in [4.69, 9.17) is 9.97 Å². The van der Waals surface area contributed by atoms with Crippen LogP contribution in [0.4, 0.5) is 0 Å². The number of benzene rings is 8. The predicted molar refractivity (Wildman–Crippen MR) is 229 cm³/mol. The molecule has 1 aliphatic rings. The average molecular weight is 703 g/mol. The van der Waals surface area contributed by atoms with Gasteiger partial charge in [0.25, 0.3) is 0 Å². The molecule has 55 heavy (non-hydrogen) atoms. The predicted octanol–water partition coefficient (Wildman–Crippen LogP) is 13.0. The Kier molecular flexibility index (Phi) is 6.09. The van der Waals surface area contributed by atoms with Crippen molar-refractivity contribution in [2.45, 2.75) is 19.3 Å². The van der Waals surface area contributed by atoms with Crippen molar-refractivity contribution >= 4 is 65.3 Å². The van der Waals surface area contributed by atoms with Gasteiger partial charge in [-0.15, -0.1) is 0 Å². The standard InChI is InChI=1S/C51H34N4/c1-51(2)41-19-9-5-15-35(41)40-29-32(23-27-42(40)51)49-38-18-6-10-20-43(38)52-50(53-49)55-46-28-24-31-13-3-4-14-34(31)48(46)39-26-25-33(30-47(39)55)54-44-21-11-7-16-36(44)37-17-8-12-22-45(37)54/h3-30H,1-2H3. The molecular weight excluding hydrogens is 669 g/mol. The summed E-state index contributed by atoms with van der Waals surface area (Å²) in [5.74, 6) is 0.657. The zero-order valence-corrected chi connectivity index (χ0v) is 30.5. The minimum Gasteiger partial charge on any atom is -0.309 e. The summed E-state index contributed by atoms with van der Waals surface area (Å²) in [5.41, 5.74) is 13.8. The number of nitrogens with zero attached hydrogens (tertiary/aromatic N) is 4. The molecule has 4 nitrogen and oxygen atoms in total. The van der Waals surface area contributed by atoms with Crippen LogP contribution in [-0.4, -0.2) is 19.1 Å². The molecule has 0 atom stereocenters. The van der Waals surface area contributed by atoms with Gasteiger partial charge in [-0.1, -0.05) is 141 Å². The second-order valence-corrected chi connectivity index (χ2v) is 15.4. The molecule has 12 rings (SSSR count). The Morgan fingerprint density at radius 2 is 1.11 bits per heavy atom. The minimum atomic E-state index is -0.0663. The van der Waals surface area contributed by atoms with Crippen molar-refractivity contribution in [3.05, 3.63) is 181 Å². The number of rotatable bonds is 3. The van der Waals surface area contributed by atoms with Crippen molar-refractivity contribution in [3.8, 4) is 34.0 Å². The van der Waals surface area contributed by atoms with Crippen molar-refractivity contribution in [2.75, 3.05) is 0 Å². The third-order valence-corrected chi connectivity index (χ3v) is 12.1. The quantitative estimate of drug-likeness (QED) is 0.184. The normalized spacial score (nSPS) is 13.4. The molecule has 0 aliphatic heterocycles. The monoisotopic (exact) mass is 702 g/mol. The topological polar surface area (TPSA) is 35.6 Å². The molecular formula is C51H34N4. The first-order chi connectivity index (χ1) is 27.0. The van der Waals surface area contributed by atoms with Crippen LogP contribution < -0.4 is 0 Å². The van der Waals surface area contributed by atoms with Crippen LogP contribution in [0.1, 0.15) is 25.0 Å². The SMILES string of the molecule is CC1(C)c2ccccc2-c2cc(-c3nc(-n4c5cc(-n6c7ccccc7c7ccccc76)ccc5c5c6ccccc6ccc54)nc4ccccc34)ccc21. The fourth-order valence-electron chi connectivity index (χ4n) is 9.58. The van der Waals surface area contributed by atoms with Crippen molar-refractivity contribution in [2.24, 2.45) is 0 Å². The average Bonchev–Trinajstić information content (AvgIpc) is 3.83. The van der Waals surface area contributed by atoms with E-state index in [1.807, 2.05) is 0 Å². The highest BCUT2D eigenvalue weighted by Crippen LogP contribution is 2.50. The van der Waals surface area contributed by atoms with Crippen molar-refractivity contribution < 1.29 is 0 Å². The van der Waals surface area contributed by atoms with E-state index in [0.717, 1.165) is 38.9 Å². The Bertz CT molecular complexity index is 3360. The summed E-state index contributed by atoms with van der Waals surface area (Å²) < 4.78 is 4.68. The maximum Gasteiger partial charge on any atom is 0.235 e. The highest BCUT2D eigenvalue weighted by atomic mass is 15.2. The molecule has 258 valence electrons. The number of hydrogen-bond acceptors (Lipinski definition) is 2. The first-order valence-corrected chi connectivity index (χ1v) is 19.0. The van der Waals surface area contributed by atoms with Gasteiger partial charge in [-0.3, -0.25) is 4.57 Å². The highest BCUT2D eigenvalue weighted by molar-refractivity contribution is 6.21. The lowest BCUT2D eigenvalue weighted by Gasteiger charge is -2.21. The van der Waals surface area contributed by atoms with E-state index in [0.29, 0.717) is 5.95 Å². The van der Waals surface area contributed by atoms with E-state index in [-0.39, 0.29) is 5.41 Å². The molecule has 11 aromatic rings. The molecule has 0 spiro atoms. The highest BCUT2D eigenvalue weighted by Gasteiger charge is 2.35. The summed E-state index contributed by atoms with van der Waals surface area (Å²) >= 11 is 0. The first kappa shape index (κ1) is 30.4. The van der Waals surface area contributed by atoms with Crippen LogP contribution in [-0.2, 0) is 5.41 Å². The third-order valence-electron chi connectivity index (χ3n) is 12.1. The van der Waals surface area contributed by atoms with Gasteiger partial charge in [0.05, 0.1) is 33.3 Å². The fraction of sp³-hybridized carbons (Fsp3) is 0.0588. The van der Waals surface area contributed by atoms with E-state index in [1.165, 1.54) is 65.6 Å². The molecule has 0 fully saturated rings.